The van der Waals surface area contributed by atoms with Gasteiger partial charge in [-0.25, -0.2) is 0 Å². The number of hydrogen-bond acceptors (Lipinski definition) is 4. The fourth-order valence-corrected chi connectivity index (χ4v) is 2.92. The molecule has 0 atom stereocenters. The highest BCUT2D eigenvalue weighted by Gasteiger charge is 2.15. The first-order chi connectivity index (χ1) is 10.3. The predicted molar refractivity (Wildman–Crippen MR) is 94.6 cm³/mol. The fourth-order valence-electron chi connectivity index (χ4n) is 2.92. The van der Waals surface area contributed by atoms with Crippen LogP contribution >= 0.6 is 12.4 Å². The number of nitrogens with one attached hydrogen (secondary N) is 1. The molecule has 120 valence electrons. The molecule has 0 saturated carbocycles. The van der Waals surface area contributed by atoms with E-state index in [0.717, 1.165) is 50.3 Å². The van der Waals surface area contributed by atoms with Crippen molar-refractivity contribution in [2.75, 3.05) is 38.2 Å². The summed E-state index contributed by atoms with van der Waals surface area (Å²) in [7, 11) is 1.70. The maximum absolute atomic E-state index is 5.34. The molecule has 0 unspecified atom stereocenters. The molecule has 1 aliphatic rings. The summed E-state index contributed by atoms with van der Waals surface area (Å²) in [6.45, 7) is 6.39. The molecule has 2 heterocycles. The lowest BCUT2D eigenvalue weighted by atomic mass is 10.1. The van der Waals surface area contributed by atoms with Crippen molar-refractivity contribution in [3.8, 4) is 5.75 Å². The standard InChI is InChI=1S/C17H23N3O.ClH/c1-3-4-13-11-17(20-9-7-18-8-10-20)15-6-5-14(21-2)12-16(15)19-13;/h5-6,11-12,18H,3-4,7-10H2,1-2H3;1H. The molecule has 0 radical (unpaired) electrons. The molecule has 1 saturated heterocycles. The largest absolute Gasteiger partial charge is 0.497 e. The molecule has 0 aliphatic carbocycles. The van der Waals surface area contributed by atoms with Gasteiger partial charge in [-0.3, -0.25) is 4.98 Å². The normalized spacial score (nSPS) is 14.7. The smallest absolute Gasteiger partial charge is 0.121 e. The van der Waals surface area contributed by atoms with E-state index < -0.39 is 0 Å². The Hall–Kier alpha value is -1.52. The molecule has 1 aromatic heterocycles. The first-order valence-corrected chi connectivity index (χ1v) is 7.75. The zero-order valence-electron chi connectivity index (χ0n) is 13.3. The van der Waals surface area contributed by atoms with Crippen molar-refractivity contribution in [1.82, 2.24) is 10.3 Å². The lowest BCUT2D eigenvalue weighted by molar-refractivity contribution is 0.415. The van der Waals surface area contributed by atoms with Crippen molar-refractivity contribution in [3.63, 3.8) is 0 Å². The zero-order valence-corrected chi connectivity index (χ0v) is 14.1. The second-order valence-electron chi connectivity index (χ2n) is 5.50. The van der Waals surface area contributed by atoms with E-state index in [1.165, 1.54) is 16.8 Å². The lowest BCUT2D eigenvalue weighted by Crippen LogP contribution is -2.43. The van der Waals surface area contributed by atoms with Gasteiger partial charge in [0.25, 0.3) is 0 Å². The monoisotopic (exact) mass is 321 g/mol. The van der Waals surface area contributed by atoms with Crippen LogP contribution in [0.3, 0.4) is 0 Å². The molecule has 0 bridgehead atoms. The molecule has 22 heavy (non-hydrogen) atoms. The molecule has 5 heteroatoms. The SMILES string of the molecule is CCCc1cc(N2CCNCC2)c2ccc(OC)cc2n1.Cl. The third-order valence-electron chi connectivity index (χ3n) is 4.01. The molecule has 0 spiro atoms. The minimum absolute atomic E-state index is 0. The van der Waals surface area contributed by atoms with Gasteiger partial charge in [0, 0.05) is 49.0 Å². The van der Waals surface area contributed by atoms with E-state index in [1.54, 1.807) is 7.11 Å². The van der Waals surface area contributed by atoms with Gasteiger partial charge in [-0.2, -0.15) is 0 Å². The number of rotatable bonds is 4. The molecule has 1 N–H and O–H groups in total. The van der Waals surface area contributed by atoms with Gasteiger partial charge >= 0.3 is 0 Å². The van der Waals surface area contributed by atoms with Crippen LogP contribution in [0.1, 0.15) is 19.0 Å². The van der Waals surface area contributed by atoms with Crippen molar-refractivity contribution in [3.05, 3.63) is 30.0 Å². The van der Waals surface area contributed by atoms with Crippen LogP contribution in [-0.4, -0.2) is 38.3 Å². The van der Waals surface area contributed by atoms with Crippen LogP contribution in [0.15, 0.2) is 24.3 Å². The third-order valence-corrected chi connectivity index (χ3v) is 4.01. The summed E-state index contributed by atoms with van der Waals surface area (Å²) in [5, 5.41) is 4.63. The first kappa shape index (κ1) is 16.8. The lowest BCUT2D eigenvalue weighted by Gasteiger charge is -2.30. The number of halogens is 1. The average Bonchev–Trinajstić information content (AvgIpc) is 2.54. The summed E-state index contributed by atoms with van der Waals surface area (Å²) in [5.74, 6) is 0.870. The number of benzene rings is 1. The Morgan fingerprint density at radius 2 is 2.00 bits per heavy atom. The molecule has 3 rings (SSSR count). The Morgan fingerprint density at radius 3 is 2.68 bits per heavy atom. The van der Waals surface area contributed by atoms with E-state index >= 15 is 0 Å². The van der Waals surface area contributed by atoms with E-state index in [0.29, 0.717) is 0 Å². The number of aromatic nitrogens is 1. The molecule has 1 aliphatic heterocycles. The number of piperazine rings is 1. The van der Waals surface area contributed by atoms with Crippen molar-refractivity contribution in [2.24, 2.45) is 0 Å². The Kier molecular flexibility index (Phi) is 5.86. The van der Waals surface area contributed by atoms with Crippen LogP contribution in [0, 0.1) is 0 Å². The molecule has 1 fully saturated rings. The van der Waals surface area contributed by atoms with Gasteiger partial charge in [0.15, 0.2) is 0 Å². The Bertz CT molecular complexity index is 627. The molecule has 4 nitrogen and oxygen atoms in total. The summed E-state index contributed by atoms with van der Waals surface area (Å²) in [4.78, 5) is 7.27. The number of methoxy groups -OCH3 is 1. The summed E-state index contributed by atoms with van der Waals surface area (Å²) in [6.07, 6.45) is 2.13. The zero-order chi connectivity index (χ0) is 14.7. The number of nitrogens with zero attached hydrogens (tertiary/aromatic N) is 2. The Morgan fingerprint density at radius 1 is 1.23 bits per heavy atom. The summed E-state index contributed by atoms with van der Waals surface area (Å²) in [6, 6.07) is 8.47. The summed E-state index contributed by atoms with van der Waals surface area (Å²) >= 11 is 0. The van der Waals surface area contributed by atoms with Crippen LogP contribution in [0.5, 0.6) is 5.75 Å². The number of aryl methyl sites for hydroxylation is 1. The Labute approximate surface area is 138 Å². The summed E-state index contributed by atoms with van der Waals surface area (Å²) in [5.41, 5.74) is 3.52. The van der Waals surface area contributed by atoms with Gasteiger partial charge in [-0.15, -0.1) is 12.4 Å². The van der Waals surface area contributed by atoms with Gasteiger partial charge in [0.05, 0.1) is 12.6 Å². The molecular weight excluding hydrogens is 298 g/mol. The number of ether oxygens (including phenoxy) is 1. The Balaban J connectivity index is 0.00000176. The highest BCUT2D eigenvalue weighted by molar-refractivity contribution is 5.93. The first-order valence-electron chi connectivity index (χ1n) is 7.75. The number of hydrogen-bond donors (Lipinski definition) is 1. The minimum atomic E-state index is 0. The van der Waals surface area contributed by atoms with Crippen molar-refractivity contribution in [2.45, 2.75) is 19.8 Å². The minimum Gasteiger partial charge on any atom is -0.497 e. The van der Waals surface area contributed by atoms with E-state index in [4.69, 9.17) is 9.72 Å². The van der Waals surface area contributed by atoms with E-state index in [9.17, 15) is 0 Å². The molecular formula is C17H24ClN3O. The van der Waals surface area contributed by atoms with E-state index in [2.05, 4.69) is 29.3 Å². The van der Waals surface area contributed by atoms with Crippen molar-refractivity contribution >= 4 is 29.0 Å². The van der Waals surface area contributed by atoms with Gasteiger partial charge in [-0.1, -0.05) is 13.3 Å². The molecule has 0 amide bonds. The fraction of sp³-hybridized carbons (Fsp3) is 0.471. The topological polar surface area (TPSA) is 37.4 Å². The number of fused-ring (bicyclic) bond motifs is 1. The summed E-state index contributed by atoms with van der Waals surface area (Å²) < 4.78 is 5.34. The third kappa shape index (κ3) is 3.45. The maximum Gasteiger partial charge on any atom is 0.121 e. The molecule has 2 aromatic rings. The van der Waals surface area contributed by atoms with Gasteiger partial charge in [0.1, 0.15) is 5.75 Å². The van der Waals surface area contributed by atoms with Gasteiger partial charge < -0.3 is 15.0 Å². The predicted octanol–water partition coefficient (Wildman–Crippen LogP) is 3.03. The van der Waals surface area contributed by atoms with Crippen LogP contribution in [0.25, 0.3) is 10.9 Å². The highest BCUT2D eigenvalue weighted by atomic mass is 35.5. The van der Waals surface area contributed by atoms with Crippen LogP contribution < -0.4 is 15.0 Å². The quantitative estimate of drug-likeness (QED) is 0.939. The number of anilines is 1. The van der Waals surface area contributed by atoms with Crippen LogP contribution in [0.2, 0.25) is 0 Å². The average molecular weight is 322 g/mol. The second-order valence-corrected chi connectivity index (χ2v) is 5.50. The highest BCUT2D eigenvalue weighted by Crippen LogP contribution is 2.30. The second kappa shape index (κ2) is 7.65. The number of pyridine rings is 1. The molecule has 1 aromatic carbocycles. The van der Waals surface area contributed by atoms with Crippen molar-refractivity contribution in [1.29, 1.82) is 0 Å². The van der Waals surface area contributed by atoms with Crippen LogP contribution in [-0.2, 0) is 6.42 Å². The van der Waals surface area contributed by atoms with Crippen molar-refractivity contribution < 1.29 is 4.74 Å². The van der Waals surface area contributed by atoms with Gasteiger partial charge in [0.2, 0.25) is 0 Å². The maximum atomic E-state index is 5.34. The van der Waals surface area contributed by atoms with Crippen LogP contribution in [0.4, 0.5) is 5.69 Å². The van der Waals surface area contributed by atoms with E-state index in [1.807, 2.05) is 12.1 Å². The van der Waals surface area contributed by atoms with E-state index in [-0.39, 0.29) is 12.4 Å². The van der Waals surface area contributed by atoms with Gasteiger partial charge in [-0.05, 0) is 24.6 Å².